The van der Waals surface area contributed by atoms with Crippen molar-refractivity contribution in [3.05, 3.63) is 47.7 Å². The number of carbonyl (C=O) groups is 1. The summed E-state index contributed by atoms with van der Waals surface area (Å²) >= 11 is 0. The molecule has 1 aromatic carbocycles. The summed E-state index contributed by atoms with van der Waals surface area (Å²) in [5.74, 6) is 0.886. The van der Waals surface area contributed by atoms with Gasteiger partial charge in [-0.1, -0.05) is 12.1 Å². The minimum Gasteiger partial charge on any atom is -0.496 e. The Morgan fingerprint density at radius 1 is 1.09 bits per heavy atom. The van der Waals surface area contributed by atoms with E-state index in [1.807, 2.05) is 12.1 Å². The van der Waals surface area contributed by atoms with E-state index in [2.05, 4.69) is 9.97 Å². The van der Waals surface area contributed by atoms with Crippen LogP contribution in [0.4, 0.5) is 5.95 Å². The van der Waals surface area contributed by atoms with E-state index in [-0.39, 0.29) is 11.7 Å². The molecule has 6 nitrogen and oxygen atoms in total. The summed E-state index contributed by atoms with van der Waals surface area (Å²) in [6.45, 7) is 0. The van der Waals surface area contributed by atoms with Gasteiger partial charge < -0.3 is 14.9 Å². The number of hydrogen-bond donors (Lipinski definition) is 1. The summed E-state index contributed by atoms with van der Waals surface area (Å²) in [6, 6.07) is 8.83. The van der Waals surface area contributed by atoms with Crippen molar-refractivity contribution in [1.29, 1.82) is 0 Å². The predicted octanol–water partition coefficient (Wildman–Crippen LogP) is 2.54. The van der Waals surface area contributed by atoms with Crippen molar-refractivity contribution in [2.45, 2.75) is 0 Å². The first-order valence-electron chi connectivity index (χ1n) is 6.64. The fourth-order valence-corrected chi connectivity index (χ4v) is 2.74. The van der Waals surface area contributed by atoms with Gasteiger partial charge in [-0.3, -0.25) is 4.79 Å². The SMILES string of the molecule is COc1cccc2c1C(=O)c1c(-c3ccco3)nc(N)nc1-2. The highest BCUT2D eigenvalue weighted by Gasteiger charge is 2.35. The number of fused-ring (bicyclic) bond motifs is 3. The van der Waals surface area contributed by atoms with Crippen LogP contribution in [-0.2, 0) is 0 Å². The van der Waals surface area contributed by atoms with E-state index in [9.17, 15) is 4.79 Å². The van der Waals surface area contributed by atoms with Crippen LogP contribution in [0.1, 0.15) is 15.9 Å². The van der Waals surface area contributed by atoms with Crippen molar-refractivity contribution in [3.63, 3.8) is 0 Å². The van der Waals surface area contributed by atoms with E-state index in [1.54, 1.807) is 18.2 Å². The van der Waals surface area contributed by atoms with Crippen molar-refractivity contribution in [1.82, 2.24) is 9.97 Å². The average Bonchev–Trinajstić information content (AvgIpc) is 3.15. The van der Waals surface area contributed by atoms with Crippen LogP contribution < -0.4 is 10.5 Å². The predicted molar refractivity (Wildman–Crippen MR) is 79.6 cm³/mol. The molecule has 4 rings (SSSR count). The Morgan fingerprint density at radius 2 is 1.91 bits per heavy atom. The summed E-state index contributed by atoms with van der Waals surface area (Å²) in [7, 11) is 1.53. The maximum absolute atomic E-state index is 12.9. The number of ether oxygens (including phenoxy) is 1. The number of nitrogens with two attached hydrogens (primary N) is 1. The standard InChI is InChI=1S/C16H11N3O3/c1-21-9-5-2-4-8-11(9)15(20)12-13(8)18-16(17)19-14(12)10-6-3-7-22-10/h2-7H,1H3,(H2,17,18,19). The third-order valence-electron chi connectivity index (χ3n) is 3.64. The lowest BCUT2D eigenvalue weighted by Crippen LogP contribution is -2.05. The number of carbonyl (C=O) groups excluding carboxylic acids is 1. The van der Waals surface area contributed by atoms with Gasteiger partial charge in [0.25, 0.3) is 0 Å². The molecule has 6 heteroatoms. The van der Waals surface area contributed by atoms with Gasteiger partial charge in [-0.05, 0) is 18.2 Å². The minimum absolute atomic E-state index is 0.0913. The molecule has 0 atom stereocenters. The third kappa shape index (κ3) is 1.57. The Bertz CT molecular complexity index is 901. The molecule has 0 spiro atoms. The number of hydrogen-bond acceptors (Lipinski definition) is 6. The van der Waals surface area contributed by atoms with Crippen LogP contribution >= 0.6 is 0 Å². The van der Waals surface area contributed by atoms with Crippen LogP contribution in [0.25, 0.3) is 22.7 Å². The first-order chi connectivity index (χ1) is 10.7. The fraction of sp³-hybridized carbons (Fsp3) is 0.0625. The van der Waals surface area contributed by atoms with E-state index >= 15 is 0 Å². The van der Waals surface area contributed by atoms with Crippen LogP contribution in [0.15, 0.2) is 41.0 Å². The fourth-order valence-electron chi connectivity index (χ4n) is 2.74. The van der Waals surface area contributed by atoms with Crippen molar-refractivity contribution in [2.24, 2.45) is 0 Å². The Hall–Kier alpha value is -3.15. The Labute approximate surface area is 125 Å². The van der Waals surface area contributed by atoms with Gasteiger partial charge in [0.1, 0.15) is 11.4 Å². The van der Waals surface area contributed by atoms with Gasteiger partial charge in [-0.25, -0.2) is 9.97 Å². The normalized spacial score (nSPS) is 12.1. The molecule has 1 aliphatic rings. The van der Waals surface area contributed by atoms with Crippen molar-refractivity contribution >= 4 is 11.7 Å². The van der Waals surface area contributed by atoms with Gasteiger partial charge in [0.2, 0.25) is 11.7 Å². The Morgan fingerprint density at radius 3 is 2.64 bits per heavy atom. The zero-order chi connectivity index (χ0) is 15.3. The first kappa shape index (κ1) is 12.6. The quantitative estimate of drug-likeness (QED) is 0.610. The van der Waals surface area contributed by atoms with Gasteiger partial charge in [0.15, 0.2) is 5.76 Å². The lowest BCUT2D eigenvalue weighted by atomic mass is 10.1. The molecule has 0 radical (unpaired) electrons. The highest BCUT2D eigenvalue weighted by atomic mass is 16.5. The topological polar surface area (TPSA) is 91.2 Å². The second-order valence-corrected chi connectivity index (χ2v) is 4.84. The zero-order valence-corrected chi connectivity index (χ0v) is 11.7. The second kappa shape index (κ2) is 4.42. The molecule has 2 N–H and O–H groups in total. The number of methoxy groups -OCH3 is 1. The molecular formula is C16H11N3O3. The van der Waals surface area contributed by atoms with Crippen molar-refractivity contribution in [3.8, 4) is 28.5 Å². The highest BCUT2D eigenvalue weighted by Crippen LogP contribution is 2.43. The van der Waals surface area contributed by atoms with Gasteiger partial charge >= 0.3 is 0 Å². The Balaban J connectivity index is 2.06. The molecule has 0 amide bonds. The number of ketones is 1. The highest BCUT2D eigenvalue weighted by molar-refractivity contribution is 6.24. The van der Waals surface area contributed by atoms with E-state index in [1.165, 1.54) is 13.4 Å². The van der Waals surface area contributed by atoms with Crippen molar-refractivity contribution in [2.75, 3.05) is 12.8 Å². The van der Waals surface area contributed by atoms with Gasteiger partial charge in [-0.2, -0.15) is 0 Å². The molecule has 0 bridgehead atoms. The summed E-state index contributed by atoms with van der Waals surface area (Å²) in [5, 5.41) is 0. The summed E-state index contributed by atoms with van der Waals surface area (Å²) in [4.78, 5) is 21.3. The van der Waals surface area contributed by atoms with Crippen LogP contribution in [0, 0.1) is 0 Å². The number of benzene rings is 1. The molecule has 1 aliphatic carbocycles. The lowest BCUT2D eigenvalue weighted by molar-refractivity contribution is 0.104. The van der Waals surface area contributed by atoms with E-state index in [0.29, 0.717) is 39.6 Å². The lowest BCUT2D eigenvalue weighted by Gasteiger charge is -2.04. The molecule has 3 aromatic rings. The van der Waals surface area contributed by atoms with Crippen LogP contribution in [0.5, 0.6) is 5.75 Å². The summed E-state index contributed by atoms with van der Waals surface area (Å²) < 4.78 is 10.7. The third-order valence-corrected chi connectivity index (χ3v) is 3.64. The van der Waals surface area contributed by atoms with Crippen LogP contribution in [0.2, 0.25) is 0 Å². The monoisotopic (exact) mass is 293 g/mol. The first-order valence-corrected chi connectivity index (χ1v) is 6.64. The Kier molecular flexibility index (Phi) is 2.53. The van der Waals surface area contributed by atoms with Gasteiger partial charge in [-0.15, -0.1) is 0 Å². The summed E-state index contributed by atoms with van der Waals surface area (Å²) in [6.07, 6.45) is 1.52. The molecule has 0 saturated heterocycles. The number of nitrogen functional groups attached to an aromatic ring is 1. The number of furan rings is 1. The van der Waals surface area contributed by atoms with Crippen LogP contribution in [-0.4, -0.2) is 22.9 Å². The van der Waals surface area contributed by atoms with Crippen LogP contribution in [0.3, 0.4) is 0 Å². The molecule has 0 saturated carbocycles. The maximum Gasteiger partial charge on any atom is 0.221 e. The zero-order valence-electron chi connectivity index (χ0n) is 11.7. The number of anilines is 1. The maximum atomic E-state index is 12.9. The molecule has 0 aliphatic heterocycles. The van der Waals surface area contributed by atoms with Gasteiger partial charge in [0, 0.05) is 5.56 Å². The molecule has 22 heavy (non-hydrogen) atoms. The molecular weight excluding hydrogens is 282 g/mol. The smallest absolute Gasteiger partial charge is 0.221 e. The van der Waals surface area contributed by atoms with E-state index < -0.39 is 0 Å². The molecule has 108 valence electrons. The average molecular weight is 293 g/mol. The largest absolute Gasteiger partial charge is 0.496 e. The summed E-state index contributed by atoms with van der Waals surface area (Å²) in [5.41, 5.74) is 8.28. The number of rotatable bonds is 2. The second-order valence-electron chi connectivity index (χ2n) is 4.84. The van der Waals surface area contributed by atoms with Crippen molar-refractivity contribution < 1.29 is 13.9 Å². The molecule has 2 heterocycles. The number of nitrogens with zero attached hydrogens (tertiary/aromatic N) is 2. The molecule has 0 unspecified atom stereocenters. The van der Waals surface area contributed by atoms with E-state index in [4.69, 9.17) is 14.9 Å². The minimum atomic E-state index is -0.186. The van der Waals surface area contributed by atoms with E-state index in [0.717, 1.165) is 0 Å². The number of aromatic nitrogens is 2. The molecule has 0 fully saturated rings. The molecule has 2 aromatic heterocycles. The van der Waals surface area contributed by atoms with Gasteiger partial charge in [0.05, 0.1) is 30.2 Å².